The van der Waals surface area contributed by atoms with Crippen molar-refractivity contribution in [2.75, 3.05) is 31.1 Å². The van der Waals surface area contributed by atoms with Crippen molar-refractivity contribution in [1.82, 2.24) is 5.32 Å². The molecule has 0 bridgehead atoms. The molecule has 1 aromatic rings. The molecule has 1 saturated heterocycles. The molecule has 0 radical (unpaired) electrons. The second kappa shape index (κ2) is 10.8. The zero-order chi connectivity index (χ0) is 18.8. The molecule has 0 saturated carbocycles. The quantitative estimate of drug-likeness (QED) is 0.432. The lowest BCUT2D eigenvalue weighted by Crippen LogP contribution is -2.43. The Morgan fingerprint density at radius 2 is 1.50 bits per heavy atom. The van der Waals surface area contributed by atoms with E-state index in [9.17, 15) is 17.6 Å². The monoisotopic (exact) mass is 374 g/mol. The molecule has 26 heavy (non-hydrogen) atoms. The third-order valence-electron chi connectivity index (χ3n) is 4.90. The summed E-state index contributed by atoms with van der Waals surface area (Å²) in [4.78, 5) is 2.08. The highest BCUT2D eigenvalue weighted by Gasteiger charge is 2.25. The lowest BCUT2D eigenvalue weighted by molar-refractivity contribution is -0.135. The third kappa shape index (κ3) is 7.94. The van der Waals surface area contributed by atoms with Crippen molar-refractivity contribution in [2.24, 2.45) is 0 Å². The molecule has 1 fully saturated rings. The molecular weight excluding hydrogens is 344 g/mol. The number of hydrogen-bond donors (Lipinski definition) is 1. The van der Waals surface area contributed by atoms with Crippen LogP contribution in [0, 0.1) is 5.82 Å². The number of unbranched alkanes of at least 4 members (excludes halogenated alkanes) is 6. The predicted octanol–water partition coefficient (Wildman–Crippen LogP) is 5.46. The van der Waals surface area contributed by atoms with Crippen LogP contribution in [0.1, 0.15) is 56.9 Å². The number of benzene rings is 1. The fourth-order valence-corrected chi connectivity index (χ4v) is 3.41. The molecule has 148 valence electrons. The number of anilines is 1. The van der Waals surface area contributed by atoms with E-state index < -0.39 is 12.6 Å². The molecule has 2 nitrogen and oxygen atoms in total. The first-order valence-corrected chi connectivity index (χ1v) is 9.76. The Morgan fingerprint density at radius 1 is 0.885 bits per heavy atom. The molecule has 1 aliphatic heterocycles. The average molecular weight is 374 g/mol. The number of nitrogens with zero attached hydrogens (tertiary/aromatic N) is 1. The molecule has 1 aliphatic rings. The summed E-state index contributed by atoms with van der Waals surface area (Å²) in [6.07, 6.45) is 1.98. The minimum Gasteiger partial charge on any atom is -0.367 e. The minimum absolute atomic E-state index is 0.144. The summed E-state index contributed by atoms with van der Waals surface area (Å²) in [5, 5.41) is 3.26. The number of piperazine rings is 1. The van der Waals surface area contributed by atoms with Gasteiger partial charge in [0.1, 0.15) is 5.82 Å². The van der Waals surface area contributed by atoms with Gasteiger partial charge in [-0.25, -0.2) is 4.39 Å². The Balaban J connectivity index is 1.57. The number of aryl methyl sites for hydroxylation is 1. The van der Waals surface area contributed by atoms with Gasteiger partial charge >= 0.3 is 6.18 Å². The number of halogens is 4. The molecule has 0 aliphatic carbocycles. The standard InChI is InChI=1S/C20H30F4N2/c21-18-16-17(9-10-19(18)26-14-12-25-13-15-26)8-6-4-2-1-3-5-7-11-20(22,23)24/h9-10,16,25H,1-8,11-15H2. The first-order chi connectivity index (χ1) is 12.5. The van der Waals surface area contributed by atoms with E-state index in [1.165, 1.54) is 0 Å². The van der Waals surface area contributed by atoms with Crippen molar-refractivity contribution < 1.29 is 17.6 Å². The van der Waals surface area contributed by atoms with Crippen LogP contribution in [0.4, 0.5) is 23.2 Å². The van der Waals surface area contributed by atoms with Gasteiger partial charge in [0.2, 0.25) is 0 Å². The third-order valence-corrected chi connectivity index (χ3v) is 4.90. The fraction of sp³-hybridized carbons (Fsp3) is 0.700. The SMILES string of the molecule is Fc1cc(CCCCCCCCCC(F)(F)F)ccc1N1CCNCC1. The summed E-state index contributed by atoms with van der Waals surface area (Å²) >= 11 is 0. The number of alkyl halides is 3. The van der Waals surface area contributed by atoms with Gasteiger partial charge in [0.25, 0.3) is 0 Å². The Hall–Kier alpha value is -1.30. The van der Waals surface area contributed by atoms with E-state index in [4.69, 9.17) is 0 Å². The van der Waals surface area contributed by atoms with Crippen LogP contribution in [0.5, 0.6) is 0 Å². The van der Waals surface area contributed by atoms with E-state index in [0.29, 0.717) is 12.1 Å². The zero-order valence-corrected chi connectivity index (χ0v) is 15.4. The summed E-state index contributed by atoms with van der Waals surface area (Å²) in [7, 11) is 0. The van der Waals surface area contributed by atoms with Crippen LogP contribution in [-0.2, 0) is 6.42 Å². The Morgan fingerprint density at radius 3 is 2.12 bits per heavy atom. The van der Waals surface area contributed by atoms with Crippen LogP contribution in [0.15, 0.2) is 18.2 Å². The van der Waals surface area contributed by atoms with Crippen molar-refractivity contribution in [2.45, 2.75) is 64.0 Å². The van der Waals surface area contributed by atoms with Crippen molar-refractivity contribution in [1.29, 1.82) is 0 Å². The predicted molar refractivity (Wildman–Crippen MR) is 98.2 cm³/mol. The summed E-state index contributed by atoms with van der Waals surface area (Å²) < 4.78 is 50.4. The molecule has 2 rings (SSSR count). The summed E-state index contributed by atoms with van der Waals surface area (Å²) in [6, 6.07) is 5.54. The number of hydrogen-bond acceptors (Lipinski definition) is 2. The molecule has 0 unspecified atom stereocenters. The van der Waals surface area contributed by atoms with Gasteiger partial charge in [-0.2, -0.15) is 13.2 Å². The van der Waals surface area contributed by atoms with Crippen molar-refractivity contribution in [3.63, 3.8) is 0 Å². The van der Waals surface area contributed by atoms with Gasteiger partial charge in [0, 0.05) is 32.6 Å². The fourth-order valence-electron chi connectivity index (χ4n) is 3.41. The number of rotatable bonds is 10. The highest BCUT2D eigenvalue weighted by atomic mass is 19.4. The maximum atomic E-state index is 14.3. The average Bonchev–Trinajstić information content (AvgIpc) is 2.60. The molecular formula is C20H30F4N2. The van der Waals surface area contributed by atoms with E-state index in [0.717, 1.165) is 70.3 Å². The highest BCUT2D eigenvalue weighted by molar-refractivity contribution is 5.49. The maximum Gasteiger partial charge on any atom is 0.389 e. The molecule has 6 heteroatoms. The first-order valence-electron chi connectivity index (χ1n) is 9.76. The van der Waals surface area contributed by atoms with Crippen LogP contribution in [-0.4, -0.2) is 32.4 Å². The maximum absolute atomic E-state index is 14.3. The van der Waals surface area contributed by atoms with Gasteiger partial charge in [-0.3, -0.25) is 0 Å². The lowest BCUT2D eigenvalue weighted by atomic mass is 10.0. The van der Waals surface area contributed by atoms with E-state index >= 15 is 0 Å². The number of nitrogens with one attached hydrogen (secondary N) is 1. The van der Waals surface area contributed by atoms with Gasteiger partial charge in [0.05, 0.1) is 5.69 Å². The van der Waals surface area contributed by atoms with Gasteiger partial charge in [-0.1, -0.05) is 38.2 Å². The van der Waals surface area contributed by atoms with Crippen molar-refractivity contribution in [3.05, 3.63) is 29.6 Å². The van der Waals surface area contributed by atoms with E-state index in [1.54, 1.807) is 6.07 Å². The summed E-state index contributed by atoms with van der Waals surface area (Å²) in [6.45, 7) is 3.44. The topological polar surface area (TPSA) is 15.3 Å². The van der Waals surface area contributed by atoms with Gasteiger partial charge in [0.15, 0.2) is 0 Å². The molecule has 0 spiro atoms. The molecule has 0 amide bonds. The molecule has 1 aromatic carbocycles. The van der Waals surface area contributed by atoms with Gasteiger partial charge in [-0.15, -0.1) is 0 Å². The van der Waals surface area contributed by atoms with E-state index in [-0.39, 0.29) is 12.2 Å². The zero-order valence-electron chi connectivity index (χ0n) is 15.4. The largest absolute Gasteiger partial charge is 0.389 e. The van der Waals surface area contributed by atoms with Crippen LogP contribution >= 0.6 is 0 Å². The van der Waals surface area contributed by atoms with Gasteiger partial charge in [-0.05, 0) is 37.0 Å². The minimum atomic E-state index is -4.02. The molecule has 0 aromatic heterocycles. The summed E-state index contributed by atoms with van der Waals surface area (Å²) in [5.74, 6) is -0.144. The Labute approximate surface area is 154 Å². The lowest BCUT2D eigenvalue weighted by Gasteiger charge is -2.29. The van der Waals surface area contributed by atoms with E-state index in [1.807, 2.05) is 12.1 Å². The van der Waals surface area contributed by atoms with Crippen LogP contribution < -0.4 is 10.2 Å². The second-order valence-electron chi connectivity index (χ2n) is 7.11. The van der Waals surface area contributed by atoms with Gasteiger partial charge < -0.3 is 10.2 Å². The van der Waals surface area contributed by atoms with Crippen LogP contribution in [0.3, 0.4) is 0 Å². The van der Waals surface area contributed by atoms with Crippen molar-refractivity contribution >= 4 is 5.69 Å². The molecule has 0 atom stereocenters. The Kier molecular flexibility index (Phi) is 8.69. The second-order valence-corrected chi connectivity index (χ2v) is 7.11. The highest BCUT2D eigenvalue weighted by Crippen LogP contribution is 2.24. The van der Waals surface area contributed by atoms with Crippen LogP contribution in [0.25, 0.3) is 0 Å². The molecule has 1 heterocycles. The summed E-state index contributed by atoms with van der Waals surface area (Å²) in [5.41, 5.74) is 1.71. The smallest absolute Gasteiger partial charge is 0.367 e. The first kappa shape index (κ1) is 21.0. The Bertz CT molecular complexity index is 525. The van der Waals surface area contributed by atoms with Crippen molar-refractivity contribution in [3.8, 4) is 0 Å². The van der Waals surface area contributed by atoms with Crippen LogP contribution in [0.2, 0.25) is 0 Å². The van der Waals surface area contributed by atoms with E-state index in [2.05, 4.69) is 10.2 Å². The normalized spacial score (nSPS) is 15.5. The molecule has 1 N–H and O–H groups in total.